The molecule has 3 heteroatoms. The van der Waals surface area contributed by atoms with Gasteiger partial charge in [0, 0.05) is 6.42 Å². The van der Waals surface area contributed by atoms with Crippen molar-refractivity contribution in [1.82, 2.24) is 0 Å². The van der Waals surface area contributed by atoms with Gasteiger partial charge in [0.25, 0.3) is 0 Å². The van der Waals surface area contributed by atoms with Crippen LogP contribution in [0.2, 0.25) is 0 Å². The van der Waals surface area contributed by atoms with Gasteiger partial charge in [-0.1, -0.05) is 30.3 Å². The summed E-state index contributed by atoms with van der Waals surface area (Å²) in [7, 11) is 0. The molecule has 1 rings (SSSR count). The Morgan fingerprint density at radius 2 is 1.78 bits per heavy atom. The fraction of sp³-hybridized carbons (Fsp3) is 0.533. The molecule has 18 heavy (non-hydrogen) atoms. The van der Waals surface area contributed by atoms with Crippen molar-refractivity contribution in [3.63, 3.8) is 0 Å². The third kappa shape index (κ3) is 4.24. The number of ketones is 1. The van der Waals surface area contributed by atoms with E-state index in [9.17, 15) is 4.79 Å². The third-order valence-electron chi connectivity index (χ3n) is 3.67. The zero-order valence-electron chi connectivity index (χ0n) is 11.4. The molecular weight excluding hydrogens is 226 g/mol. The Morgan fingerprint density at radius 1 is 1.17 bits per heavy atom. The minimum Gasteiger partial charge on any atom is -0.391 e. The molecular formula is C15H24NO2+. The number of aliphatic hydroxyl groups excluding tert-OH is 1. The Balaban J connectivity index is 2.62. The van der Waals surface area contributed by atoms with Gasteiger partial charge in [0.2, 0.25) is 0 Å². The smallest absolute Gasteiger partial charge is 0.191 e. The van der Waals surface area contributed by atoms with Crippen molar-refractivity contribution < 1.29 is 14.4 Å². The lowest BCUT2D eigenvalue weighted by Gasteiger charge is -2.35. The lowest BCUT2D eigenvalue weighted by molar-refractivity contribution is -0.917. The van der Waals surface area contributed by atoms with Gasteiger partial charge in [-0.3, -0.25) is 4.79 Å². The Hall–Kier alpha value is -1.19. The van der Waals surface area contributed by atoms with Gasteiger partial charge in [-0.2, -0.15) is 0 Å². The SMILES string of the molecule is CC[N+](CC)(CCO)CC(=O)Cc1ccccc1. The maximum atomic E-state index is 12.1. The lowest BCUT2D eigenvalue weighted by Crippen LogP contribution is -2.52. The molecule has 0 saturated heterocycles. The molecule has 0 aliphatic carbocycles. The Labute approximate surface area is 110 Å². The highest BCUT2D eigenvalue weighted by Crippen LogP contribution is 2.08. The van der Waals surface area contributed by atoms with Crippen LogP contribution in [0.5, 0.6) is 0 Å². The zero-order valence-corrected chi connectivity index (χ0v) is 11.4. The fourth-order valence-corrected chi connectivity index (χ4v) is 2.31. The van der Waals surface area contributed by atoms with E-state index in [1.54, 1.807) is 0 Å². The summed E-state index contributed by atoms with van der Waals surface area (Å²) in [6.07, 6.45) is 0.492. The van der Waals surface area contributed by atoms with Gasteiger partial charge in [-0.15, -0.1) is 0 Å². The minimum atomic E-state index is 0.139. The van der Waals surface area contributed by atoms with Crippen molar-refractivity contribution in [2.45, 2.75) is 20.3 Å². The third-order valence-corrected chi connectivity index (χ3v) is 3.67. The van der Waals surface area contributed by atoms with Gasteiger partial charge in [0.1, 0.15) is 13.1 Å². The van der Waals surface area contributed by atoms with Crippen LogP contribution in [0, 0.1) is 0 Å². The molecule has 0 heterocycles. The maximum absolute atomic E-state index is 12.1. The lowest BCUT2D eigenvalue weighted by atomic mass is 10.1. The number of likely N-dealkylation sites (N-methyl/N-ethyl adjacent to an activating group) is 1. The van der Waals surface area contributed by atoms with Gasteiger partial charge in [-0.05, 0) is 19.4 Å². The van der Waals surface area contributed by atoms with Crippen LogP contribution in [-0.2, 0) is 11.2 Å². The van der Waals surface area contributed by atoms with E-state index in [1.165, 1.54) is 0 Å². The van der Waals surface area contributed by atoms with Crippen molar-refractivity contribution in [2.24, 2.45) is 0 Å². The van der Waals surface area contributed by atoms with Crippen molar-refractivity contribution in [1.29, 1.82) is 0 Å². The van der Waals surface area contributed by atoms with Crippen LogP contribution in [0.1, 0.15) is 19.4 Å². The molecule has 100 valence electrons. The molecule has 0 spiro atoms. The van der Waals surface area contributed by atoms with Crippen molar-refractivity contribution in [3.8, 4) is 0 Å². The molecule has 0 saturated carbocycles. The van der Waals surface area contributed by atoms with E-state index in [2.05, 4.69) is 13.8 Å². The van der Waals surface area contributed by atoms with E-state index in [0.29, 0.717) is 24.0 Å². The predicted octanol–water partition coefficient (Wildman–Crippen LogP) is 1.65. The number of Topliss-reactive ketones (excluding diaryl/α,β-unsaturated/α-hetero) is 1. The number of carbonyl (C=O) groups is 1. The molecule has 0 aromatic heterocycles. The summed E-state index contributed by atoms with van der Waals surface area (Å²) in [6, 6.07) is 9.83. The van der Waals surface area contributed by atoms with Crippen molar-refractivity contribution >= 4 is 5.78 Å². The highest BCUT2D eigenvalue weighted by Gasteiger charge is 2.25. The number of rotatable bonds is 8. The van der Waals surface area contributed by atoms with Crippen LogP contribution in [0.25, 0.3) is 0 Å². The molecule has 1 N–H and O–H groups in total. The number of quaternary nitrogens is 1. The molecule has 0 fully saturated rings. The van der Waals surface area contributed by atoms with Gasteiger partial charge >= 0.3 is 0 Å². The first-order valence-corrected chi connectivity index (χ1v) is 6.67. The number of hydrogen-bond donors (Lipinski definition) is 1. The molecule has 0 aliphatic rings. The number of carbonyl (C=O) groups excluding carboxylic acids is 1. The molecule has 3 nitrogen and oxygen atoms in total. The van der Waals surface area contributed by atoms with Crippen LogP contribution in [-0.4, -0.2) is 48.2 Å². The first-order valence-electron chi connectivity index (χ1n) is 6.67. The molecule has 0 amide bonds. The molecule has 0 radical (unpaired) electrons. The van der Waals surface area contributed by atoms with Crippen LogP contribution >= 0.6 is 0 Å². The summed E-state index contributed by atoms with van der Waals surface area (Å²) in [4.78, 5) is 12.1. The molecule has 1 aromatic rings. The Kier molecular flexibility index (Phi) is 6.02. The summed E-state index contributed by atoms with van der Waals surface area (Å²) in [6.45, 7) is 7.25. The Morgan fingerprint density at radius 3 is 2.28 bits per heavy atom. The number of benzene rings is 1. The summed E-state index contributed by atoms with van der Waals surface area (Å²) in [5.74, 6) is 0.248. The quantitative estimate of drug-likeness (QED) is 0.712. The predicted molar refractivity (Wildman–Crippen MR) is 73.3 cm³/mol. The molecule has 0 aliphatic heterocycles. The average molecular weight is 250 g/mol. The second-order valence-electron chi connectivity index (χ2n) is 4.78. The minimum absolute atomic E-state index is 0.139. The van der Waals surface area contributed by atoms with Crippen molar-refractivity contribution in [3.05, 3.63) is 35.9 Å². The summed E-state index contributed by atoms with van der Waals surface area (Å²) >= 11 is 0. The Bertz CT molecular complexity index is 358. The van der Waals surface area contributed by atoms with Crippen LogP contribution in [0.4, 0.5) is 0 Å². The standard InChI is InChI=1S/C15H24NO2/c1-3-16(4-2,10-11-17)13-15(18)12-14-8-6-5-7-9-14/h5-9,17H,3-4,10-13H2,1-2H3/q+1. The van der Waals surface area contributed by atoms with E-state index < -0.39 is 0 Å². The van der Waals surface area contributed by atoms with Gasteiger partial charge in [0.15, 0.2) is 5.78 Å². The average Bonchev–Trinajstić information content (AvgIpc) is 2.39. The summed E-state index contributed by atoms with van der Waals surface area (Å²) < 4.78 is 0.683. The summed E-state index contributed by atoms with van der Waals surface area (Å²) in [5.41, 5.74) is 1.07. The van der Waals surface area contributed by atoms with Crippen LogP contribution in [0.3, 0.4) is 0 Å². The largest absolute Gasteiger partial charge is 0.391 e. The van der Waals surface area contributed by atoms with E-state index >= 15 is 0 Å². The van der Waals surface area contributed by atoms with Gasteiger partial charge in [-0.25, -0.2) is 0 Å². The van der Waals surface area contributed by atoms with E-state index in [-0.39, 0.29) is 12.4 Å². The number of aliphatic hydroxyl groups is 1. The fourth-order valence-electron chi connectivity index (χ4n) is 2.31. The van der Waals surface area contributed by atoms with Crippen molar-refractivity contribution in [2.75, 3.05) is 32.8 Å². The molecule has 0 unspecified atom stereocenters. The maximum Gasteiger partial charge on any atom is 0.191 e. The molecule has 1 aromatic carbocycles. The first-order chi connectivity index (χ1) is 8.65. The topological polar surface area (TPSA) is 37.3 Å². The first kappa shape index (κ1) is 14.9. The highest BCUT2D eigenvalue weighted by molar-refractivity contribution is 5.81. The second-order valence-corrected chi connectivity index (χ2v) is 4.78. The highest BCUT2D eigenvalue weighted by atomic mass is 16.3. The van der Waals surface area contributed by atoms with Gasteiger partial charge in [0.05, 0.1) is 19.7 Å². The van der Waals surface area contributed by atoms with Crippen LogP contribution < -0.4 is 0 Å². The van der Waals surface area contributed by atoms with E-state index in [4.69, 9.17) is 5.11 Å². The molecule has 0 bridgehead atoms. The van der Waals surface area contributed by atoms with Gasteiger partial charge < -0.3 is 9.59 Å². The summed E-state index contributed by atoms with van der Waals surface area (Å²) in [5, 5.41) is 9.14. The van der Waals surface area contributed by atoms with Crippen LogP contribution in [0.15, 0.2) is 30.3 Å². The monoisotopic (exact) mass is 250 g/mol. The molecule has 0 atom stereocenters. The zero-order chi connectivity index (χ0) is 13.4. The number of nitrogens with zero attached hydrogens (tertiary/aromatic N) is 1. The van der Waals surface area contributed by atoms with E-state index in [1.807, 2.05) is 30.3 Å². The van der Waals surface area contributed by atoms with E-state index in [0.717, 1.165) is 18.7 Å². The normalized spacial score (nSPS) is 11.5. The number of hydrogen-bond acceptors (Lipinski definition) is 2. The second kappa shape index (κ2) is 7.29.